The lowest BCUT2D eigenvalue weighted by atomic mass is 10.1. The van der Waals surface area contributed by atoms with Crippen molar-refractivity contribution in [2.75, 3.05) is 31.3 Å². The number of rotatable bonds is 8. The Kier molecular flexibility index (Phi) is 7.21. The molecular weight excluding hydrogens is 440 g/mol. The van der Waals surface area contributed by atoms with Crippen molar-refractivity contribution in [3.05, 3.63) is 42.5 Å². The van der Waals surface area contributed by atoms with Crippen molar-refractivity contribution in [3.8, 4) is 11.1 Å². The molecule has 3 rings (SSSR count). The van der Waals surface area contributed by atoms with E-state index < -0.39 is 15.9 Å². The predicted octanol–water partition coefficient (Wildman–Crippen LogP) is 1.99. The highest BCUT2D eigenvalue weighted by Crippen LogP contribution is 2.31. The van der Waals surface area contributed by atoms with Crippen LogP contribution in [0.2, 0.25) is 0 Å². The van der Waals surface area contributed by atoms with E-state index in [0.717, 1.165) is 15.8 Å². The third kappa shape index (κ3) is 6.23. The molecule has 0 atom stereocenters. The van der Waals surface area contributed by atoms with E-state index in [4.69, 9.17) is 5.11 Å². The van der Waals surface area contributed by atoms with Crippen molar-refractivity contribution in [1.29, 1.82) is 0 Å². The number of hydrogen-bond donors (Lipinski definition) is 4. The van der Waals surface area contributed by atoms with Gasteiger partial charge in [-0.1, -0.05) is 29.5 Å². The van der Waals surface area contributed by atoms with E-state index >= 15 is 0 Å². The van der Waals surface area contributed by atoms with Gasteiger partial charge >= 0.3 is 6.03 Å². The second-order valence-electron chi connectivity index (χ2n) is 6.71. The number of nitrogens with zero attached hydrogens (tertiary/aromatic N) is 1. The minimum atomic E-state index is -3.30. The van der Waals surface area contributed by atoms with Crippen LogP contribution in [0.5, 0.6) is 0 Å². The third-order valence-electron chi connectivity index (χ3n) is 4.28. The minimum absolute atomic E-state index is 0.100. The number of aromatic nitrogens is 1. The number of thiazole rings is 1. The molecular formula is C20H22N4O5S2. The molecule has 0 aliphatic carbocycles. The molecule has 0 saturated carbocycles. The summed E-state index contributed by atoms with van der Waals surface area (Å²) < 4.78 is 24.4. The first-order valence-corrected chi connectivity index (χ1v) is 12.1. The van der Waals surface area contributed by atoms with Crippen LogP contribution in [-0.4, -0.2) is 56.4 Å². The maximum atomic E-state index is 12.0. The number of urea groups is 1. The molecule has 4 N–H and O–H groups in total. The van der Waals surface area contributed by atoms with Crippen molar-refractivity contribution < 1.29 is 23.1 Å². The van der Waals surface area contributed by atoms with Gasteiger partial charge in [-0.2, -0.15) is 0 Å². The van der Waals surface area contributed by atoms with Gasteiger partial charge in [-0.25, -0.2) is 18.2 Å². The van der Waals surface area contributed by atoms with Gasteiger partial charge in [0.25, 0.3) is 0 Å². The average Bonchev–Trinajstić information content (AvgIpc) is 3.13. The molecule has 0 aliphatic rings. The number of amides is 3. The largest absolute Gasteiger partial charge is 0.395 e. The first kappa shape index (κ1) is 22.7. The first-order chi connectivity index (χ1) is 14.8. The van der Waals surface area contributed by atoms with Gasteiger partial charge in [0, 0.05) is 25.8 Å². The molecule has 2 aromatic carbocycles. The number of carbonyl (C=O) groups is 2. The second kappa shape index (κ2) is 9.86. The number of sulfone groups is 1. The molecule has 11 heteroatoms. The molecule has 0 aliphatic heterocycles. The van der Waals surface area contributed by atoms with E-state index in [1.165, 1.54) is 17.6 Å². The van der Waals surface area contributed by atoms with Crippen LogP contribution in [0.25, 0.3) is 21.3 Å². The van der Waals surface area contributed by atoms with Crippen LogP contribution in [0.3, 0.4) is 0 Å². The van der Waals surface area contributed by atoms with E-state index in [9.17, 15) is 18.0 Å². The number of aliphatic hydroxyl groups is 1. The van der Waals surface area contributed by atoms with Crippen LogP contribution < -0.4 is 16.0 Å². The van der Waals surface area contributed by atoms with Gasteiger partial charge in [-0.15, -0.1) is 0 Å². The van der Waals surface area contributed by atoms with Gasteiger partial charge in [-0.3, -0.25) is 10.1 Å². The molecule has 0 unspecified atom stereocenters. The highest BCUT2D eigenvalue weighted by atomic mass is 32.2. The van der Waals surface area contributed by atoms with Crippen LogP contribution >= 0.6 is 11.3 Å². The van der Waals surface area contributed by atoms with E-state index in [0.29, 0.717) is 10.6 Å². The Balaban J connectivity index is 1.66. The number of aliphatic hydroxyl groups excluding tert-OH is 1. The SMILES string of the molecule is CS(=O)(=O)c1cccc(-c2ccc3nc(NC(=O)NCCC(=O)NCCO)sc3c2)c1. The molecule has 0 bridgehead atoms. The molecule has 0 fully saturated rings. The first-order valence-electron chi connectivity index (χ1n) is 9.40. The van der Waals surface area contributed by atoms with Gasteiger partial charge in [-0.05, 0) is 35.4 Å². The molecule has 31 heavy (non-hydrogen) atoms. The maximum absolute atomic E-state index is 12.0. The molecule has 3 aromatic rings. The lowest BCUT2D eigenvalue weighted by molar-refractivity contribution is -0.121. The Morgan fingerprint density at radius 2 is 1.84 bits per heavy atom. The number of hydrogen-bond acceptors (Lipinski definition) is 7. The van der Waals surface area contributed by atoms with Gasteiger partial charge in [0.05, 0.1) is 21.7 Å². The molecule has 0 saturated heterocycles. The van der Waals surface area contributed by atoms with E-state index in [-0.39, 0.29) is 36.9 Å². The van der Waals surface area contributed by atoms with Gasteiger partial charge < -0.3 is 15.7 Å². The zero-order valence-electron chi connectivity index (χ0n) is 16.7. The normalized spacial score (nSPS) is 11.3. The Hall–Kier alpha value is -3.02. The summed E-state index contributed by atoms with van der Waals surface area (Å²) >= 11 is 1.29. The number of fused-ring (bicyclic) bond motifs is 1. The highest BCUT2D eigenvalue weighted by molar-refractivity contribution is 7.90. The number of anilines is 1. The van der Waals surface area contributed by atoms with Crippen molar-refractivity contribution in [2.24, 2.45) is 0 Å². The molecule has 1 aromatic heterocycles. The minimum Gasteiger partial charge on any atom is -0.395 e. The molecule has 3 amide bonds. The average molecular weight is 463 g/mol. The zero-order valence-corrected chi connectivity index (χ0v) is 18.3. The topological polar surface area (TPSA) is 137 Å². The smallest absolute Gasteiger partial charge is 0.321 e. The van der Waals surface area contributed by atoms with Crippen LogP contribution in [-0.2, 0) is 14.6 Å². The Morgan fingerprint density at radius 3 is 2.58 bits per heavy atom. The summed E-state index contributed by atoms with van der Waals surface area (Å²) in [5.41, 5.74) is 2.31. The van der Waals surface area contributed by atoms with Crippen molar-refractivity contribution in [2.45, 2.75) is 11.3 Å². The standard InChI is InChI=1S/C20H22N4O5S2/c1-31(28,29)15-4-2-3-13(11-15)14-5-6-16-17(12-14)30-20(23-16)24-19(27)22-8-7-18(26)21-9-10-25/h2-6,11-12,25H,7-10H2,1H3,(H,21,26)(H2,22,23,24,27). The highest BCUT2D eigenvalue weighted by Gasteiger charge is 2.11. The molecule has 0 spiro atoms. The maximum Gasteiger partial charge on any atom is 0.321 e. The predicted molar refractivity (Wildman–Crippen MR) is 120 cm³/mol. The van der Waals surface area contributed by atoms with E-state index in [1.54, 1.807) is 18.2 Å². The fourth-order valence-electron chi connectivity index (χ4n) is 2.78. The van der Waals surface area contributed by atoms with Crippen molar-refractivity contribution >= 4 is 48.5 Å². The van der Waals surface area contributed by atoms with Crippen molar-refractivity contribution in [3.63, 3.8) is 0 Å². The zero-order chi connectivity index (χ0) is 22.4. The van der Waals surface area contributed by atoms with Gasteiger partial charge in [0.2, 0.25) is 5.91 Å². The third-order valence-corrected chi connectivity index (χ3v) is 6.32. The molecule has 0 radical (unpaired) electrons. The lowest BCUT2D eigenvalue weighted by Gasteiger charge is -2.05. The number of nitrogens with one attached hydrogen (secondary N) is 3. The summed E-state index contributed by atoms with van der Waals surface area (Å²) in [7, 11) is -3.30. The summed E-state index contributed by atoms with van der Waals surface area (Å²) in [4.78, 5) is 28.1. The second-order valence-corrected chi connectivity index (χ2v) is 9.75. The Labute approximate surface area is 183 Å². The Morgan fingerprint density at radius 1 is 1.06 bits per heavy atom. The van der Waals surface area contributed by atoms with Crippen LogP contribution in [0, 0.1) is 0 Å². The van der Waals surface area contributed by atoms with E-state index in [2.05, 4.69) is 20.9 Å². The number of benzene rings is 2. The van der Waals surface area contributed by atoms with Gasteiger partial charge in [0.1, 0.15) is 0 Å². The summed E-state index contributed by atoms with van der Waals surface area (Å²) in [6, 6.07) is 11.8. The Bertz CT molecular complexity index is 1210. The van der Waals surface area contributed by atoms with Crippen molar-refractivity contribution in [1.82, 2.24) is 15.6 Å². The number of carbonyl (C=O) groups excluding carboxylic acids is 2. The van der Waals surface area contributed by atoms with E-state index in [1.807, 2.05) is 24.3 Å². The summed E-state index contributed by atoms with van der Waals surface area (Å²) in [5, 5.41) is 16.8. The van der Waals surface area contributed by atoms with Crippen LogP contribution in [0.15, 0.2) is 47.4 Å². The lowest BCUT2D eigenvalue weighted by Crippen LogP contribution is -2.34. The quantitative estimate of drug-likeness (QED) is 0.404. The molecule has 1 heterocycles. The fraction of sp³-hybridized carbons (Fsp3) is 0.250. The molecule has 164 valence electrons. The summed E-state index contributed by atoms with van der Waals surface area (Å²) in [6.07, 6.45) is 1.27. The van der Waals surface area contributed by atoms with Gasteiger partial charge in [0.15, 0.2) is 15.0 Å². The monoisotopic (exact) mass is 462 g/mol. The molecule has 9 nitrogen and oxygen atoms in total. The van der Waals surface area contributed by atoms with Crippen LogP contribution in [0.4, 0.5) is 9.93 Å². The van der Waals surface area contributed by atoms with Crippen LogP contribution in [0.1, 0.15) is 6.42 Å². The summed E-state index contributed by atoms with van der Waals surface area (Å²) in [6.45, 7) is 0.189. The summed E-state index contributed by atoms with van der Waals surface area (Å²) in [5.74, 6) is -0.262. The fourth-order valence-corrected chi connectivity index (χ4v) is 4.35.